The molecule has 1 heterocycles. The normalized spacial score (nSPS) is 11.5. The lowest BCUT2D eigenvalue weighted by atomic mass is 9.99. The second-order valence-corrected chi connectivity index (χ2v) is 5.71. The number of rotatable bonds is 3. The summed E-state index contributed by atoms with van der Waals surface area (Å²) in [6.45, 7) is 1.76. The van der Waals surface area contributed by atoms with Crippen molar-refractivity contribution < 1.29 is 9.18 Å². The van der Waals surface area contributed by atoms with Crippen LogP contribution >= 0.6 is 11.6 Å². The molecule has 0 aliphatic carbocycles. The van der Waals surface area contributed by atoms with Crippen LogP contribution in [0.1, 0.15) is 21.6 Å². The Kier molecular flexibility index (Phi) is 4.20. The quantitative estimate of drug-likeness (QED) is 0.412. The summed E-state index contributed by atoms with van der Waals surface area (Å²) in [5, 5.41) is 10.3. The topological polar surface area (TPSA) is 56.6 Å². The molecule has 0 amide bonds. The van der Waals surface area contributed by atoms with Gasteiger partial charge in [-0.15, -0.1) is 0 Å². The number of ketones is 1. The molecule has 3 aromatic rings. The van der Waals surface area contributed by atoms with Gasteiger partial charge in [0.05, 0.1) is 10.6 Å². The van der Waals surface area contributed by atoms with Crippen LogP contribution in [0.5, 0.6) is 0 Å². The summed E-state index contributed by atoms with van der Waals surface area (Å²) < 4.78 is 13.9. The van der Waals surface area contributed by atoms with Crippen molar-refractivity contribution in [3.8, 4) is 6.07 Å². The van der Waals surface area contributed by atoms with Crippen LogP contribution in [0.2, 0.25) is 5.02 Å². The molecule has 0 saturated carbocycles. The summed E-state index contributed by atoms with van der Waals surface area (Å²) >= 11 is 5.98. The highest BCUT2D eigenvalue weighted by molar-refractivity contribution is 6.32. The highest BCUT2D eigenvalue weighted by atomic mass is 35.5. The predicted octanol–water partition coefficient (Wildman–Crippen LogP) is 5.06. The van der Waals surface area contributed by atoms with Gasteiger partial charge in [0.2, 0.25) is 5.78 Å². The molecule has 0 unspecified atom stereocenters. The van der Waals surface area contributed by atoms with Crippen molar-refractivity contribution in [2.45, 2.75) is 6.92 Å². The number of aromatic nitrogens is 1. The van der Waals surface area contributed by atoms with Crippen LogP contribution in [0.15, 0.2) is 48.0 Å². The van der Waals surface area contributed by atoms with Crippen LogP contribution in [0.25, 0.3) is 17.0 Å². The van der Waals surface area contributed by atoms with Crippen LogP contribution < -0.4 is 0 Å². The molecular formula is C19H12ClFN2O. The van der Waals surface area contributed by atoms with Gasteiger partial charge < -0.3 is 4.98 Å². The highest BCUT2D eigenvalue weighted by Crippen LogP contribution is 2.27. The van der Waals surface area contributed by atoms with Crippen molar-refractivity contribution >= 4 is 34.4 Å². The molecule has 0 bridgehead atoms. The molecule has 0 aliphatic rings. The van der Waals surface area contributed by atoms with Gasteiger partial charge in [0, 0.05) is 22.2 Å². The van der Waals surface area contributed by atoms with Crippen LogP contribution in [0.3, 0.4) is 0 Å². The fourth-order valence-electron chi connectivity index (χ4n) is 2.65. The zero-order valence-corrected chi connectivity index (χ0v) is 13.5. The van der Waals surface area contributed by atoms with Gasteiger partial charge >= 0.3 is 0 Å². The first kappa shape index (κ1) is 16.0. The maximum atomic E-state index is 13.9. The van der Waals surface area contributed by atoms with E-state index in [4.69, 9.17) is 11.6 Å². The molecule has 118 valence electrons. The second kappa shape index (κ2) is 6.31. The highest BCUT2D eigenvalue weighted by Gasteiger charge is 2.20. The number of aryl methyl sites for hydroxylation is 1. The lowest BCUT2D eigenvalue weighted by Gasteiger charge is -2.03. The first-order valence-corrected chi connectivity index (χ1v) is 7.58. The number of halogens is 2. The molecule has 24 heavy (non-hydrogen) atoms. The summed E-state index contributed by atoms with van der Waals surface area (Å²) in [7, 11) is 0. The molecular weight excluding hydrogens is 327 g/mol. The van der Waals surface area contributed by atoms with E-state index in [-0.39, 0.29) is 16.2 Å². The van der Waals surface area contributed by atoms with Gasteiger partial charge in [-0.1, -0.05) is 35.9 Å². The zero-order valence-electron chi connectivity index (χ0n) is 12.7. The standard InChI is InChI=1S/C19H12ClFN2O/c1-11-18(13-5-2-3-8-17(13)23-11)19(24)12(10-22)9-14-15(20)6-4-7-16(14)21/h2-9,23H,1H3/b12-9+. The number of benzene rings is 2. The van der Waals surface area contributed by atoms with E-state index in [9.17, 15) is 14.4 Å². The van der Waals surface area contributed by atoms with Gasteiger partial charge in [-0.05, 0) is 31.2 Å². The molecule has 0 radical (unpaired) electrons. The largest absolute Gasteiger partial charge is 0.358 e. The summed E-state index contributed by atoms with van der Waals surface area (Å²) in [5.74, 6) is -1.05. The van der Waals surface area contributed by atoms with Gasteiger partial charge in [0.1, 0.15) is 17.5 Å². The molecule has 1 aromatic heterocycles. The number of allylic oxidation sites excluding steroid dienone is 1. The molecule has 3 rings (SSSR count). The number of nitrogens with zero attached hydrogens (tertiary/aromatic N) is 1. The minimum absolute atomic E-state index is 0.0292. The van der Waals surface area contributed by atoms with Crippen molar-refractivity contribution in [3.63, 3.8) is 0 Å². The number of carbonyl (C=O) groups is 1. The Morgan fingerprint density at radius 1 is 1.25 bits per heavy atom. The van der Waals surface area contributed by atoms with Gasteiger partial charge in [0.15, 0.2) is 0 Å². The van der Waals surface area contributed by atoms with Gasteiger partial charge in [-0.25, -0.2) is 4.39 Å². The molecule has 2 aromatic carbocycles. The fraction of sp³-hybridized carbons (Fsp3) is 0.0526. The first-order valence-electron chi connectivity index (χ1n) is 7.20. The number of nitriles is 1. The Morgan fingerprint density at radius 2 is 2.00 bits per heavy atom. The molecule has 1 N–H and O–H groups in total. The third-order valence-corrected chi connectivity index (χ3v) is 4.10. The fourth-order valence-corrected chi connectivity index (χ4v) is 2.86. The average molecular weight is 339 g/mol. The number of carbonyl (C=O) groups excluding carboxylic acids is 1. The Bertz CT molecular complexity index is 1010. The SMILES string of the molecule is Cc1[nH]c2ccccc2c1C(=O)/C(C#N)=C/c1c(F)cccc1Cl. The van der Waals surface area contributed by atoms with E-state index in [0.717, 1.165) is 10.9 Å². The zero-order chi connectivity index (χ0) is 17.3. The average Bonchev–Trinajstić information content (AvgIpc) is 2.90. The molecule has 0 spiro atoms. The number of aromatic amines is 1. The van der Waals surface area contributed by atoms with Crippen LogP contribution in [-0.4, -0.2) is 10.8 Å². The number of fused-ring (bicyclic) bond motifs is 1. The lowest BCUT2D eigenvalue weighted by Crippen LogP contribution is -2.03. The summed E-state index contributed by atoms with van der Waals surface area (Å²) in [4.78, 5) is 15.9. The first-order chi connectivity index (χ1) is 11.5. The number of H-pyrrole nitrogens is 1. The minimum atomic E-state index is -0.585. The van der Waals surface area contributed by atoms with E-state index < -0.39 is 11.6 Å². The minimum Gasteiger partial charge on any atom is -0.358 e. The monoisotopic (exact) mass is 338 g/mol. The molecule has 0 saturated heterocycles. The maximum Gasteiger partial charge on any atom is 0.205 e. The van der Waals surface area contributed by atoms with Crippen molar-refractivity contribution in [1.82, 2.24) is 4.98 Å². The van der Waals surface area contributed by atoms with E-state index in [1.807, 2.05) is 24.3 Å². The summed E-state index contributed by atoms with van der Waals surface area (Å²) in [6.07, 6.45) is 1.20. The van der Waals surface area contributed by atoms with Crippen molar-refractivity contribution in [1.29, 1.82) is 5.26 Å². The van der Waals surface area contributed by atoms with Crippen molar-refractivity contribution in [3.05, 3.63) is 75.7 Å². The lowest BCUT2D eigenvalue weighted by molar-refractivity contribution is 0.104. The van der Waals surface area contributed by atoms with Gasteiger partial charge in [-0.2, -0.15) is 5.26 Å². The van der Waals surface area contributed by atoms with E-state index in [0.29, 0.717) is 11.3 Å². The third-order valence-electron chi connectivity index (χ3n) is 3.77. The maximum absolute atomic E-state index is 13.9. The number of hydrogen-bond donors (Lipinski definition) is 1. The Labute approximate surface area is 143 Å². The molecule has 0 atom stereocenters. The molecule has 5 heteroatoms. The number of hydrogen-bond acceptors (Lipinski definition) is 2. The number of Topliss-reactive ketones (excluding diaryl/α,β-unsaturated/α-hetero) is 1. The predicted molar refractivity (Wildman–Crippen MR) is 92.4 cm³/mol. The van der Waals surface area contributed by atoms with Crippen molar-refractivity contribution in [2.24, 2.45) is 0 Å². The van der Waals surface area contributed by atoms with E-state index >= 15 is 0 Å². The van der Waals surface area contributed by atoms with E-state index in [1.165, 1.54) is 24.3 Å². The Morgan fingerprint density at radius 3 is 2.71 bits per heavy atom. The van der Waals surface area contributed by atoms with E-state index in [1.54, 1.807) is 13.0 Å². The van der Waals surface area contributed by atoms with Crippen LogP contribution in [0, 0.1) is 24.1 Å². The van der Waals surface area contributed by atoms with Crippen molar-refractivity contribution in [2.75, 3.05) is 0 Å². The Balaban J connectivity index is 2.15. The Hall–Kier alpha value is -2.90. The second-order valence-electron chi connectivity index (χ2n) is 5.30. The third kappa shape index (κ3) is 2.70. The summed E-state index contributed by atoms with van der Waals surface area (Å²) in [5.41, 5.74) is 1.73. The summed E-state index contributed by atoms with van der Waals surface area (Å²) in [6, 6.07) is 13.4. The number of para-hydroxylation sites is 1. The van der Waals surface area contributed by atoms with Gasteiger partial charge in [-0.3, -0.25) is 4.79 Å². The van der Waals surface area contributed by atoms with Crippen LogP contribution in [0.4, 0.5) is 4.39 Å². The van der Waals surface area contributed by atoms with Crippen LogP contribution in [-0.2, 0) is 0 Å². The molecule has 0 aliphatic heterocycles. The van der Waals surface area contributed by atoms with E-state index in [2.05, 4.69) is 4.98 Å². The number of nitrogens with one attached hydrogen (secondary N) is 1. The molecule has 0 fully saturated rings. The smallest absolute Gasteiger partial charge is 0.205 e. The molecule has 3 nitrogen and oxygen atoms in total. The van der Waals surface area contributed by atoms with Gasteiger partial charge in [0.25, 0.3) is 0 Å².